The molecule has 0 bridgehead atoms. The molecule has 2 aromatic carbocycles. The van der Waals surface area contributed by atoms with Crippen molar-refractivity contribution in [1.82, 2.24) is 0 Å². The highest BCUT2D eigenvalue weighted by molar-refractivity contribution is 7.80. The Balaban J connectivity index is 1.91. The van der Waals surface area contributed by atoms with Crippen molar-refractivity contribution in [2.75, 3.05) is 5.01 Å². The number of hydrazone groups is 1. The van der Waals surface area contributed by atoms with E-state index in [0.717, 1.165) is 11.4 Å². The second-order valence-corrected chi connectivity index (χ2v) is 5.31. The summed E-state index contributed by atoms with van der Waals surface area (Å²) in [5.74, 6) is -0.456. The summed E-state index contributed by atoms with van der Waals surface area (Å²) < 4.78 is 0. The third kappa shape index (κ3) is 2.50. The molecule has 0 saturated heterocycles. The number of carbonyl (C=O) groups is 1. The van der Waals surface area contributed by atoms with Gasteiger partial charge in [0.25, 0.3) is 0 Å². The van der Waals surface area contributed by atoms with Crippen LogP contribution in [0.1, 0.15) is 17.3 Å². The Morgan fingerprint density at radius 2 is 1.62 bits per heavy atom. The number of Topliss-reactive ketones (excluding diaryl/α,β-unsaturated/α-hetero) is 1. The monoisotopic (exact) mass is 294 g/mol. The van der Waals surface area contributed by atoms with E-state index < -0.39 is 5.92 Å². The van der Waals surface area contributed by atoms with Gasteiger partial charge < -0.3 is 0 Å². The highest BCUT2D eigenvalue weighted by Gasteiger charge is 2.36. The molecule has 3 rings (SSSR count). The van der Waals surface area contributed by atoms with Crippen molar-refractivity contribution >= 4 is 34.4 Å². The molecule has 0 radical (unpaired) electrons. The van der Waals surface area contributed by atoms with Gasteiger partial charge in [0.15, 0.2) is 5.78 Å². The van der Waals surface area contributed by atoms with Crippen LogP contribution in [-0.4, -0.2) is 16.5 Å². The van der Waals surface area contributed by atoms with E-state index in [-0.39, 0.29) is 5.78 Å². The smallest absolute Gasteiger partial charge is 0.178 e. The summed E-state index contributed by atoms with van der Waals surface area (Å²) in [5, 5.41) is 6.13. The van der Waals surface area contributed by atoms with Crippen LogP contribution < -0.4 is 5.01 Å². The zero-order chi connectivity index (χ0) is 14.8. The Bertz CT molecular complexity index is 710. The third-order valence-corrected chi connectivity index (χ3v) is 3.86. The van der Waals surface area contributed by atoms with Gasteiger partial charge in [-0.3, -0.25) is 4.79 Å². The fraction of sp³-hybridized carbons (Fsp3) is 0.118. The Labute approximate surface area is 128 Å². The fourth-order valence-corrected chi connectivity index (χ4v) is 2.81. The zero-order valence-corrected chi connectivity index (χ0v) is 12.4. The maximum Gasteiger partial charge on any atom is 0.178 e. The molecule has 0 saturated carbocycles. The van der Waals surface area contributed by atoms with Crippen molar-refractivity contribution in [2.24, 2.45) is 11.0 Å². The molecule has 21 heavy (non-hydrogen) atoms. The minimum atomic E-state index is -0.456. The van der Waals surface area contributed by atoms with E-state index in [1.807, 2.05) is 67.6 Å². The molecule has 1 atom stereocenters. The number of hydrogen-bond acceptors (Lipinski definition) is 3. The summed E-state index contributed by atoms with van der Waals surface area (Å²) in [6, 6.07) is 18.9. The van der Waals surface area contributed by atoms with Gasteiger partial charge in [0.05, 0.1) is 11.4 Å². The van der Waals surface area contributed by atoms with E-state index in [4.69, 9.17) is 12.2 Å². The van der Waals surface area contributed by atoms with Gasteiger partial charge in [0, 0.05) is 5.56 Å². The van der Waals surface area contributed by atoms with Crippen LogP contribution >= 0.6 is 12.2 Å². The lowest BCUT2D eigenvalue weighted by Gasteiger charge is -2.16. The molecule has 1 aliphatic heterocycles. The molecular weight excluding hydrogens is 280 g/mol. The van der Waals surface area contributed by atoms with Crippen molar-refractivity contribution in [2.45, 2.75) is 6.92 Å². The van der Waals surface area contributed by atoms with Crippen LogP contribution in [0.3, 0.4) is 0 Å². The molecule has 2 aromatic rings. The molecule has 0 spiro atoms. The lowest BCUT2D eigenvalue weighted by Crippen LogP contribution is -2.31. The van der Waals surface area contributed by atoms with Gasteiger partial charge in [0.2, 0.25) is 0 Å². The van der Waals surface area contributed by atoms with Crippen LogP contribution in [0.25, 0.3) is 0 Å². The van der Waals surface area contributed by atoms with Crippen LogP contribution in [0.15, 0.2) is 65.8 Å². The first kappa shape index (κ1) is 13.6. The van der Waals surface area contributed by atoms with Crippen molar-refractivity contribution in [1.29, 1.82) is 0 Å². The summed E-state index contributed by atoms with van der Waals surface area (Å²) >= 11 is 5.49. The number of rotatable bonds is 3. The SMILES string of the molecule is CC1=NN(c2ccccc2)C(=S)[C@H]1C(=O)c1ccccc1. The van der Waals surface area contributed by atoms with E-state index in [1.54, 1.807) is 5.01 Å². The Hall–Kier alpha value is -2.33. The van der Waals surface area contributed by atoms with Gasteiger partial charge >= 0.3 is 0 Å². The van der Waals surface area contributed by atoms with Crippen LogP contribution in [0.2, 0.25) is 0 Å². The molecule has 0 amide bonds. The number of nitrogens with zero attached hydrogens (tertiary/aromatic N) is 2. The van der Waals surface area contributed by atoms with E-state index in [1.165, 1.54) is 0 Å². The number of benzene rings is 2. The molecule has 104 valence electrons. The van der Waals surface area contributed by atoms with Gasteiger partial charge in [-0.05, 0) is 19.1 Å². The second kappa shape index (κ2) is 5.58. The quantitative estimate of drug-likeness (QED) is 0.639. The summed E-state index contributed by atoms with van der Waals surface area (Å²) in [6.07, 6.45) is 0. The first-order chi connectivity index (χ1) is 10.2. The molecule has 0 unspecified atom stereocenters. The average Bonchev–Trinajstić information content (AvgIpc) is 2.83. The molecule has 1 aliphatic rings. The highest BCUT2D eigenvalue weighted by atomic mass is 32.1. The standard InChI is InChI=1S/C17H14N2OS/c1-12-15(16(20)13-8-4-2-5-9-13)17(21)19(18-12)14-10-6-3-7-11-14/h2-11,15H,1H3/t15-/m1/s1. The molecular formula is C17H14N2OS. The van der Waals surface area contributed by atoms with E-state index in [9.17, 15) is 4.79 Å². The second-order valence-electron chi connectivity index (χ2n) is 4.89. The normalized spacial score (nSPS) is 17.8. The van der Waals surface area contributed by atoms with E-state index >= 15 is 0 Å². The van der Waals surface area contributed by atoms with Crippen LogP contribution in [0, 0.1) is 5.92 Å². The maximum absolute atomic E-state index is 12.6. The molecule has 3 nitrogen and oxygen atoms in total. The van der Waals surface area contributed by atoms with Gasteiger partial charge in [-0.15, -0.1) is 0 Å². The van der Waals surface area contributed by atoms with E-state index in [2.05, 4.69) is 5.10 Å². The van der Waals surface area contributed by atoms with Crippen molar-refractivity contribution in [3.63, 3.8) is 0 Å². The number of hydrogen-bond donors (Lipinski definition) is 0. The zero-order valence-electron chi connectivity index (χ0n) is 11.6. The summed E-state index contributed by atoms with van der Waals surface area (Å²) in [5.41, 5.74) is 2.28. The van der Waals surface area contributed by atoms with Gasteiger partial charge in [-0.1, -0.05) is 60.7 Å². The van der Waals surface area contributed by atoms with Gasteiger partial charge in [-0.25, -0.2) is 5.01 Å². The number of thiocarbonyl (C=S) groups is 1. The Morgan fingerprint density at radius 3 is 2.24 bits per heavy atom. The van der Waals surface area contributed by atoms with Gasteiger partial charge in [0.1, 0.15) is 10.9 Å². The predicted octanol–water partition coefficient (Wildman–Crippen LogP) is 3.71. The topological polar surface area (TPSA) is 32.7 Å². The minimum absolute atomic E-state index is 0.000260. The molecule has 0 aliphatic carbocycles. The lowest BCUT2D eigenvalue weighted by molar-refractivity contribution is 0.0980. The van der Waals surface area contributed by atoms with Gasteiger partial charge in [-0.2, -0.15) is 5.10 Å². The first-order valence-corrected chi connectivity index (χ1v) is 7.12. The number of anilines is 1. The summed E-state index contributed by atoms with van der Waals surface area (Å²) in [4.78, 5) is 13.2. The predicted molar refractivity (Wildman–Crippen MR) is 88.9 cm³/mol. The third-order valence-electron chi connectivity index (χ3n) is 3.45. The lowest BCUT2D eigenvalue weighted by atomic mass is 9.94. The number of para-hydroxylation sites is 1. The molecule has 4 heteroatoms. The molecule has 0 N–H and O–H groups in total. The number of ketones is 1. The summed E-state index contributed by atoms with van der Waals surface area (Å²) in [6.45, 7) is 1.85. The minimum Gasteiger partial charge on any atom is -0.293 e. The van der Waals surface area contributed by atoms with Crippen LogP contribution in [0.4, 0.5) is 5.69 Å². The van der Waals surface area contributed by atoms with E-state index in [0.29, 0.717) is 10.6 Å². The van der Waals surface area contributed by atoms with Crippen LogP contribution in [-0.2, 0) is 0 Å². The fourth-order valence-electron chi connectivity index (χ4n) is 2.39. The molecule has 0 aromatic heterocycles. The highest BCUT2D eigenvalue weighted by Crippen LogP contribution is 2.27. The van der Waals surface area contributed by atoms with Crippen molar-refractivity contribution in [3.8, 4) is 0 Å². The van der Waals surface area contributed by atoms with Crippen LogP contribution in [0.5, 0.6) is 0 Å². The largest absolute Gasteiger partial charge is 0.293 e. The Kier molecular flexibility index (Phi) is 3.62. The summed E-state index contributed by atoms with van der Waals surface area (Å²) in [7, 11) is 0. The number of carbonyl (C=O) groups excluding carboxylic acids is 1. The first-order valence-electron chi connectivity index (χ1n) is 6.72. The maximum atomic E-state index is 12.6. The average molecular weight is 294 g/mol. The molecule has 1 heterocycles. The molecule has 0 fully saturated rings. The Morgan fingerprint density at radius 1 is 1.05 bits per heavy atom. The van der Waals surface area contributed by atoms with Crippen molar-refractivity contribution < 1.29 is 4.79 Å². The van der Waals surface area contributed by atoms with Crippen molar-refractivity contribution in [3.05, 3.63) is 66.2 Å².